The van der Waals surface area contributed by atoms with Crippen LogP contribution in [-0.2, 0) is 19.2 Å². The van der Waals surface area contributed by atoms with E-state index in [9.17, 15) is 29.4 Å². The van der Waals surface area contributed by atoms with Gasteiger partial charge in [-0.2, -0.15) is 0 Å². The number of carbonyl (C=O) groups is 4. The fraction of sp³-hybridized carbons (Fsp3) is 0.773. The molecule has 0 aliphatic carbocycles. The van der Waals surface area contributed by atoms with Crippen molar-refractivity contribution in [2.45, 2.75) is 90.6 Å². The van der Waals surface area contributed by atoms with Crippen LogP contribution in [0.15, 0.2) is 4.99 Å². The van der Waals surface area contributed by atoms with Gasteiger partial charge in [-0.25, -0.2) is 4.79 Å². The normalized spacial score (nSPS) is 17.0. The number of amides is 3. The maximum atomic E-state index is 13.2. The zero-order valence-corrected chi connectivity index (χ0v) is 21.3. The smallest absolute Gasteiger partial charge is 0.328 e. The SMILES string of the molecule is CC[C@H](C)[C@H](N)C(=O)N[C@@H](CCCN=C(N)N)C(=O)N[C@H](C(=O)N[C@H](C(=O)O)[C@@H](C)O)[C@@H](C)CC. The van der Waals surface area contributed by atoms with Crippen molar-refractivity contribution in [3.63, 3.8) is 0 Å². The Labute approximate surface area is 206 Å². The lowest BCUT2D eigenvalue weighted by molar-refractivity contribution is -0.145. The number of aliphatic carboxylic acids is 1. The summed E-state index contributed by atoms with van der Waals surface area (Å²) in [7, 11) is 0. The summed E-state index contributed by atoms with van der Waals surface area (Å²) >= 11 is 0. The van der Waals surface area contributed by atoms with E-state index in [2.05, 4.69) is 20.9 Å². The molecular weight excluding hydrogens is 458 g/mol. The third-order valence-electron chi connectivity index (χ3n) is 5.98. The zero-order chi connectivity index (χ0) is 27.3. The first-order valence-corrected chi connectivity index (χ1v) is 11.9. The average molecular weight is 502 g/mol. The van der Waals surface area contributed by atoms with Crippen molar-refractivity contribution in [1.29, 1.82) is 0 Å². The third-order valence-corrected chi connectivity index (χ3v) is 5.98. The summed E-state index contributed by atoms with van der Waals surface area (Å²) in [6.07, 6.45) is 0.333. The van der Waals surface area contributed by atoms with Crippen LogP contribution in [0.5, 0.6) is 0 Å². The number of nitrogens with two attached hydrogens (primary N) is 3. The number of hydrogen-bond acceptors (Lipinski definition) is 7. The minimum atomic E-state index is -1.55. The highest BCUT2D eigenvalue weighted by atomic mass is 16.4. The molecule has 0 aromatic carbocycles. The number of guanidine groups is 1. The molecule has 0 heterocycles. The predicted octanol–water partition coefficient (Wildman–Crippen LogP) is -1.62. The molecule has 0 rings (SSSR count). The van der Waals surface area contributed by atoms with Crippen molar-refractivity contribution in [3.8, 4) is 0 Å². The molecule has 0 saturated heterocycles. The first-order valence-electron chi connectivity index (χ1n) is 11.9. The maximum Gasteiger partial charge on any atom is 0.328 e. The Morgan fingerprint density at radius 1 is 0.857 bits per heavy atom. The number of carboxylic acid groups (broad SMARTS) is 1. The summed E-state index contributed by atoms with van der Waals surface area (Å²) in [5.41, 5.74) is 16.7. The van der Waals surface area contributed by atoms with Gasteiger partial charge >= 0.3 is 5.97 Å². The van der Waals surface area contributed by atoms with Crippen molar-refractivity contribution >= 4 is 29.7 Å². The fourth-order valence-corrected chi connectivity index (χ4v) is 3.14. The van der Waals surface area contributed by atoms with Gasteiger partial charge < -0.3 is 43.4 Å². The second kappa shape index (κ2) is 15.9. The van der Waals surface area contributed by atoms with Crippen molar-refractivity contribution in [1.82, 2.24) is 16.0 Å². The van der Waals surface area contributed by atoms with E-state index in [-0.39, 0.29) is 30.8 Å². The molecule has 13 heteroatoms. The Balaban J connectivity index is 5.69. The lowest BCUT2D eigenvalue weighted by Crippen LogP contribution is -2.60. The molecule has 202 valence electrons. The molecule has 0 aromatic rings. The van der Waals surface area contributed by atoms with E-state index < -0.39 is 54.0 Å². The van der Waals surface area contributed by atoms with Crippen LogP contribution in [-0.4, -0.2) is 76.7 Å². The molecule has 7 atom stereocenters. The Morgan fingerprint density at radius 2 is 1.40 bits per heavy atom. The van der Waals surface area contributed by atoms with Gasteiger partial charge in [0.25, 0.3) is 0 Å². The summed E-state index contributed by atoms with van der Waals surface area (Å²) in [6.45, 7) is 8.70. The van der Waals surface area contributed by atoms with Gasteiger partial charge in [-0.15, -0.1) is 0 Å². The van der Waals surface area contributed by atoms with Crippen LogP contribution in [0.25, 0.3) is 0 Å². The number of aliphatic imine (C=N–C) groups is 1. The van der Waals surface area contributed by atoms with Crippen LogP contribution in [0.4, 0.5) is 0 Å². The molecule has 3 amide bonds. The molecule has 0 aliphatic rings. The number of rotatable bonds is 16. The number of aliphatic hydroxyl groups excluding tert-OH is 1. The molecule has 35 heavy (non-hydrogen) atoms. The molecule has 11 N–H and O–H groups in total. The lowest BCUT2D eigenvalue weighted by atomic mass is 9.96. The highest BCUT2D eigenvalue weighted by molar-refractivity contribution is 5.94. The molecule has 0 bridgehead atoms. The van der Waals surface area contributed by atoms with E-state index >= 15 is 0 Å². The van der Waals surface area contributed by atoms with E-state index in [0.717, 1.165) is 0 Å². The van der Waals surface area contributed by atoms with Gasteiger partial charge in [-0.1, -0.05) is 40.5 Å². The number of aliphatic hydroxyl groups is 1. The number of carboxylic acids is 1. The van der Waals surface area contributed by atoms with Crippen LogP contribution in [0.3, 0.4) is 0 Å². The first kappa shape index (κ1) is 32.1. The van der Waals surface area contributed by atoms with Crippen LogP contribution < -0.4 is 33.2 Å². The number of nitrogens with zero attached hydrogens (tertiary/aromatic N) is 1. The monoisotopic (exact) mass is 501 g/mol. The van der Waals surface area contributed by atoms with Crippen molar-refractivity contribution < 1.29 is 29.4 Å². The van der Waals surface area contributed by atoms with E-state index in [0.29, 0.717) is 19.3 Å². The highest BCUT2D eigenvalue weighted by Gasteiger charge is 2.34. The van der Waals surface area contributed by atoms with Crippen LogP contribution in [0.1, 0.15) is 60.3 Å². The lowest BCUT2D eigenvalue weighted by Gasteiger charge is -2.29. The van der Waals surface area contributed by atoms with Crippen molar-refractivity contribution in [3.05, 3.63) is 0 Å². The predicted molar refractivity (Wildman–Crippen MR) is 132 cm³/mol. The molecule has 0 spiro atoms. The minimum absolute atomic E-state index is 0.103. The second-order valence-electron chi connectivity index (χ2n) is 8.86. The summed E-state index contributed by atoms with van der Waals surface area (Å²) < 4.78 is 0. The maximum absolute atomic E-state index is 13.2. The second-order valence-corrected chi connectivity index (χ2v) is 8.86. The Kier molecular flexibility index (Phi) is 14.5. The van der Waals surface area contributed by atoms with Gasteiger partial charge in [0.15, 0.2) is 12.0 Å². The summed E-state index contributed by atoms with van der Waals surface area (Å²) in [6, 6.07) is -4.51. The molecular formula is C22H43N7O6. The van der Waals surface area contributed by atoms with E-state index in [1.54, 1.807) is 13.8 Å². The highest BCUT2D eigenvalue weighted by Crippen LogP contribution is 2.11. The molecule has 0 fully saturated rings. The largest absolute Gasteiger partial charge is 0.480 e. The minimum Gasteiger partial charge on any atom is -0.480 e. The topological polar surface area (TPSA) is 235 Å². The standard InChI is InChI=1S/C22H43N7O6/c1-6-11(3)15(23)19(32)27-14(9-8-10-26-22(24)25)18(31)28-16(12(4)7-2)20(33)29-17(13(5)30)21(34)35/h11-17,30H,6-10,23H2,1-5H3,(H,27,32)(H,28,31)(H,29,33)(H,34,35)(H4,24,25,26)/t11-,12-,13+,14-,15-,16-,17-/m0/s1. The summed E-state index contributed by atoms with van der Waals surface area (Å²) in [5.74, 6) is -3.91. The molecule has 0 radical (unpaired) electrons. The van der Waals surface area contributed by atoms with Crippen LogP contribution in [0, 0.1) is 11.8 Å². The Bertz CT molecular complexity index is 742. The molecule has 0 unspecified atom stereocenters. The van der Waals surface area contributed by atoms with E-state index in [4.69, 9.17) is 17.2 Å². The molecule has 13 nitrogen and oxygen atoms in total. The van der Waals surface area contributed by atoms with Crippen molar-refractivity contribution in [2.75, 3.05) is 6.54 Å². The third kappa shape index (κ3) is 11.4. The summed E-state index contributed by atoms with van der Waals surface area (Å²) in [4.78, 5) is 53.9. The molecule has 0 saturated carbocycles. The average Bonchev–Trinajstić information content (AvgIpc) is 2.79. The zero-order valence-electron chi connectivity index (χ0n) is 21.3. The van der Waals surface area contributed by atoms with Crippen molar-refractivity contribution in [2.24, 2.45) is 34.0 Å². The fourth-order valence-electron chi connectivity index (χ4n) is 3.14. The van der Waals surface area contributed by atoms with Gasteiger partial charge in [0.1, 0.15) is 12.1 Å². The summed E-state index contributed by atoms with van der Waals surface area (Å²) in [5, 5.41) is 26.5. The van der Waals surface area contributed by atoms with Gasteiger partial charge in [0, 0.05) is 6.54 Å². The molecule has 0 aromatic heterocycles. The van der Waals surface area contributed by atoms with Gasteiger partial charge in [-0.3, -0.25) is 19.4 Å². The quantitative estimate of drug-likeness (QED) is 0.0688. The number of hydrogen-bond donors (Lipinski definition) is 8. The van der Waals surface area contributed by atoms with Gasteiger partial charge in [0.05, 0.1) is 12.1 Å². The Hall–Kier alpha value is -2.93. The van der Waals surface area contributed by atoms with Crippen LogP contribution >= 0.6 is 0 Å². The number of carbonyl (C=O) groups excluding carboxylic acids is 3. The molecule has 0 aliphatic heterocycles. The number of nitrogens with one attached hydrogen (secondary N) is 3. The van der Waals surface area contributed by atoms with E-state index in [1.807, 2.05) is 13.8 Å². The van der Waals surface area contributed by atoms with Gasteiger partial charge in [0.2, 0.25) is 17.7 Å². The van der Waals surface area contributed by atoms with Gasteiger partial charge in [-0.05, 0) is 31.6 Å². The first-order chi connectivity index (χ1) is 16.3. The Morgan fingerprint density at radius 3 is 1.86 bits per heavy atom. The van der Waals surface area contributed by atoms with E-state index in [1.165, 1.54) is 6.92 Å². The van der Waals surface area contributed by atoms with Crippen LogP contribution in [0.2, 0.25) is 0 Å².